The molecular formula is C22H23N5O3. The summed E-state index contributed by atoms with van der Waals surface area (Å²) in [5, 5.41) is 14.9. The zero-order valence-electron chi connectivity index (χ0n) is 16.5. The lowest BCUT2D eigenvalue weighted by Gasteiger charge is -2.34. The van der Waals surface area contributed by atoms with Gasteiger partial charge >= 0.3 is 0 Å². The molecule has 8 heteroatoms. The predicted molar refractivity (Wildman–Crippen MR) is 109 cm³/mol. The van der Waals surface area contributed by atoms with Gasteiger partial charge in [-0.2, -0.15) is 5.10 Å². The van der Waals surface area contributed by atoms with Crippen molar-refractivity contribution in [2.24, 2.45) is 11.8 Å². The summed E-state index contributed by atoms with van der Waals surface area (Å²) in [5.74, 6) is 2.56. The van der Waals surface area contributed by atoms with Gasteiger partial charge in [0.1, 0.15) is 12.7 Å². The Balaban J connectivity index is 1.22. The summed E-state index contributed by atoms with van der Waals surface area (Å²) >= 11 is 0. The Kier molecular flexibility index (Phi) is 4.12. The Morgan fingerprint density at radius 1 is 1.00 bits per heavy atom. The molecule has 4 heterocycles. The lowest BCUT2D eigenvalue weighted by atomic mass is 9.77. The van der Waals surface area contributed by atoms with Crippen LogP contribution in [0, 0.1) is 11.8 Å². The fraction of sp³-hybridized carbons (Fsp3) is 0.409. The van der Waals surface area contributed by atoms with Crippen LogP contribution in [0.1, 0.15) is 18.9 Å². The number of aromatic nitrogens is 4. The van der Waals surface area contributed by atoms with Gasteiger partial charge in [-0.25, -0.2) is 9.67 Å². The number of aliphatic hydroxyl groups excluding tert-OH is 1. The number of hydrogen-bond acceptors (Lipinski definition) is 7. The SMILES string of the molecule is O[C@@H]1C[C@H]2CN(c3ccnc(-c4ccc5c(c4)OCO5)c3)C[C@H]2C[C@H]1n1cncn1. The van der Waals surface area contributed by atoms with Gasteiger partial charge in [0, 0.05) is 30.5 Å². The number of benzene rings is 1. The van der Waals surface area contributed by atoms with E-state index in [4.69, 9.17) is 9.47 Å². The second-order valence-corrected chi connectivity index (χ2v) is 8.37. The van der Waals surface area contributed by atoms with Crippen LogP contribution in [0.3, 0.4) is 0 Å². The number of nitrogens with zero attached hydrogens (tertiary/aromatic N) is 5. The molecule has 2 fully saturated rings. The number of fused-ring (bicyclic) bond motifs is 2. The number of hydrogen-bond donors (Lipinski definition) is 1. The Morgan fingerprint density at radius 2 is 1.87 bits per heavy atom. The van der Waals surface area contributed by atoms with Crippen LogP contribution in [0.25, 0.3) is 11.3 Å². The van der Waals surface area contributed by atoms with Gasteiger partial charge in [0.2, 0.25) is 6.79 Å². The van der Waals surface area contributed by atoms with Crippen LogP contribution in [-0.4, -0.2) is 50.8 Å². The summed E-state index contributed by atoms with van der Waals surface area (Å²) < 4.78 is 12.7. The third-order valence-corrected chi connectivity index (χ3v) is 6.66. The lowest BCUT2D eigenvalue weighted by Crippen LogP contribution is -2.36. The molecule has 0 unspecified atom stereocenters. The highest BCUT2D eigenvalue weighted by Crippen LogP contribution is 2.43. The van der Waals surface area contributed by atoms with Crippen molar-refractivity contribution in [3.63, 3.8) is 0 Å². The van der Waals surface area contributed by atoms with E-state index in [0.717, 1.165) is 48.7 Å². The minimum atomic E-state index is -0.380. The molecule has 0 bridgehead atoms. The molecule has 1 saturated carbocycles. The first-order chi connectivity index (χ1) is 14.7. The summed E-state index contributed by atoms with van der Waals surface area (Å²) in [5.41, 5.74) is 3.10. The summed E-state index contributed by atoms with van der Waals surface area (Å²) in [6.07, 6.45) is 6.45. The molecule has 1 aromatic carbocycles. The molecule has 0 amide bonds. The number of pyridine rings is 1. The Hall–Kier alpha value is -3.13. The van der Waals surface area contributed by atoms with E-state index in [2.05, 4.69) is 32.1 Å². The number of ether oxygens (including phenoxy) is 2. The van der Waals surface area contributed by atoms with Crippen molar-refractivity contribution in [1.82, 2.24) is 19.7 Å². The lowest BCUT2D eigenvalue weighted by molar-refractivity contribution is 0.0305. The second kappa shape index (κ2) is 6.98. The van der Waals surface area contributed by atoms with Crippen LogP contribution in [-0.2, 0) is 0 Å². The third kappa shape index (κ3) is 2.99. The molecule has 0 radical (unpaired) electrons. The summed E-state index contributed by atoms with van der Waals surface area (Å²) in [7, 11) is 0. The van der Waals surface area contributed by atoms with Crippen molar-refractivity contribution >= 4 is 5.69 Å². The molecule has 1 N–H and O–H groups in total. The highest BCUT2D eigenvalue weighted by Gasteiger charge is 2.42. The van der Waals surface area contributed by atoms with E-state index in [1.54, 1.807) is 6.33 Å². The molecule has 154 valence electrons. The van der Waals surface area contributed by atoms with E-state index >= 15 is 0 Å². The molecule has 0 spiro atoms. The van der Waals surface area contributed by atoms with Gasteiger partial charge in [0.15, 0.2) is 11.5 Å². The highest BCUT2D eigenvalue weighted by atomic mass is 16.7. The Bertz CT molecular complexity index is 1060. The normalized spacial score (nSPS) is 27.3. The van der Waals surface area contributed by atoms with E-state index in [0.29, 0.717) is 11.8 Å². The van der Waals surface area contributed by atoms with E-state index in [-0.39, 0.29) is 18.9 Å². The van der Waals surface area contributed by atoms with Crippen molar-refractivity contribution in [2.75, 3.05) is 24.8 Å². The maximum Gasteiger partial charge on any atom is 0.231 e. The second-order valence-electron chi connectivity index (χ2n) is 8.37. The molecule has 30 heavy (non-hydrogen) atoms. The molecule has 2 aliphatic heterocycles. The minimum Gasteiger partial charge on any atom is -0.454 e. The van der Waals surface area contributed by atoms with Crippen LogP contribution >= 0.6 is 0 Å². The monoisotopic (exact) mass is 405 g/mol. The maximum absolute atomic E-state index is 10.7. The van der Waals surface area contributed by atoms with Gasteiger partial charge in [0.25, 0.3) is 0 Å². The smallest absolute Gasteiger partial charge is 0.231 e. The largest absolute Gasteiger partial charge is 0.454 e. The molecule has 8 nitrogen and oxygen atoms in total. The quantitative estimate of drug-likeness (QED) is 0.717. The number of anilines is 1. The molecule has 3 aromatic rings. The molecule has 3 aliphatic rings. The van der Waals surface area contributed by atoms with Crippen molar-refractivity contribution in [2.45, 2.75) is 25.0 Å². The van der Waals surface area contributed by atoms with E-state index in [9.17, 15) is 5.11 Å². The molecule has 6 rings (SSSR count). The van der Waals surface area contributed by atoms with Gasteiger partial charge in [-0.15, -0.1) is 0 Å². The molecule has 1 aliphatic carbocycles. The molecule has 1 saturated heterocycles. The first-order valence-electron chi connectivity index (χ1n) is 10.4. The zero-order chi connectivity index (χ0) is 20.1. The van der Waals surface area contributed by atoms with Gasteiger partial charge < -0.3 is 19.5 Å². The minimum absolute atomic E-state index is 0.00957. The highest BCUT2D eigenvalue weighted by molar-refractivity contribution is 5.68. The number of aliphatic hydroxyl groups is 1. The van der Waals surface area contributed by atoms with E-state index in [1.807, 2.05) is 29.1 Å². The van der Waals surface area contributed by atoms with Crippen LogP contribution in [0.4, 0.5) is 5.69 Å². The average Bonchev–Trinajstić information content (AvgIpc) is 3.52. The summed E-state index contributed by atoms with van der Waals surface area (Å²) in [4.78, 5) is 11.0. The third-order valence-electron chi connectivity index (χ3n) is 6.66. The van der Waals surface area contributed by atoms with Crippen LogP contribution in [0.2, 0.25) is 0 Å². The summed E-state index contributed by atoms with van der Waals surface area (Å²) in [6, 6.07) is 10.1. The van der Waals surface area contributed by atoms with Gasteiger partial charge in [-0.1, -0.05) is 0 Å². The molecule has 2 aromatic heterocycles. The predicted octanol–water partition coefficient (Wildman–Crippen LogP) is 2.52. The van der Waals surface area contributed by atoms with Crippen LogP contribution in [0.5, 0.6) is 11.5 Å². The summed E-state index contributed by atoms with van der Waals surface area (Å²) in [6.45, 7) is 2.20. The first kappa shape index (κ1) is 17.7. The van der Waals surface area contributed by atoms with Gasteiger partial charge in [-0.05, 0) is 55.0 Å². The Labute approximate surface area is 174 Å². The number of rotatable bonds is 3. The van der Waals surface area contributed by atoms with Gasteiger partial charge in [-0.3, -0.25) is 4.98 Å². The van der Waals surface area contributed by atoms with Crippen LogP contribution < -0.4 is 14.4 Å². The molecule has 4 atom stereocenters. The van der Waals surface area contributed by atoms with E-state index < -0.39 is 0 Å². The van der Waals surface area contributed by atoms with Crippen molar-refractivity contribution in [1.29, 1.82) is 0 Å². The van der Waals surface area contributed by atoms with Crippen molar-refractivity contribution in [3.8, 4) is 22.8 Å². The topological polar surface area (TPSA) is 85.5 Å². The standard InChI is InChI=1S/C22H23N5O3/c28-20-6-16-10-26(9-15(16)5-19(20)27-12-23-11-25-27)17-3-4-24-18(8-17)14-1-2-21-22(7-14)30-13-29-21/h1-4,7-8,11-12,15-16,19-20,28H,5-6,9-10,13H2/t15-,16+,19-,20-/m1/s1. The Morgan fingerprint density at radius 3 is 2.73 bits per heavy atom. The fourth-order valence-electron chi connectivity index (χ4n) is 5.12. The average molecular weight is 405 g/mol. The first-order valence-corrected chi connectivity index (χ1v) is 10.4. The fourth-order valence-corrected chi connectivity index (χ4v) is 5.12. The molecular weight excluding hydrogens is 382 g/mol. The maximum atomic E-state index is 10.7. The van der Waals surface area contributed by atoms with Gasteiger partial charge in [0.05, 0.1) is 17.8 Å². The van der Waals surface area contributed by atoms with E-state index in [1.165, 1.54) is 12.0 Å². The zero-order valence-corrected chi connectivity index (χ0v) is 16.5. The van der Waals surface area contributed by atoms with Crippen LogP contribution in [0.15, 0.2) is 49.2 Å². The van der Waals surface area contributed by atoms with Crippen molar-refractivity contribution < 1.29 is 14.6 Å². The van der Waals surface area contributed by atoms with Crippen molar-refractivity contribution in [3.05, 3.63) is 49.2 Å².